The van der Waals surface area contributed by atoms with E-state index < -0.39 is 0 Å². The fourth-order valence-electron chi connectivity index (χ4n) is 3.03. The molecule has 1 fully saturated rings. The third-order valence-corrected chi connectivity index (χ3v) is 4.06. The molecule has 3 heterocycles. The van der Waals surface area contributed by atoms with Crippen LogP contribution >= 0.6 is 0 Å². The lowest BCUT2D eigenvalue weighted by atomic mass is 10.1. The largest absolute Gasteiger partial charge is 0.495 e. The van der Waals surface area contributed by atoms with Crippen LogP contribution in [-0.2, 0) is 6.42 Å². The van der Waals surface area contributed by atoms with Gasteiger partial charge >= 0.3 is 0 Å². The van der Waals surface area contributed by atoms with E-state index in [0.717, 1.165) is 24.4 Å². The first-order chi connectivity index (χ1) is 9.30. The van der Waals surface area contributed by atoms with Crippen LogP contribution in [0.5, 0.6) is 5.75 Å². The molecule has 2 aromatic heterocycles. The summed E-state index contributed by atoms with van der Waals surface area (Å²) in [5, 5.41) is 0. The summed E-state index contributed by atoms with van der Waals surface area (Å²) in [6, 6.07) is 4.63. The standard InChI is InChI=1S/C15H21N3O/c1-3-17-8-4-5-13(17)9-12-10-18-11-14(19-2)6-7-15(18)16-12/h6-7,10-11,13H,3-5,8-9H2,1-2H3. The first-order valence-electron chi connectivity index (χ1n) is 7.06. The average Bonchev–Trinajstić information content (AvgIpc) is 3.03. The molecule has 102 valence electrons. The summed E-state index contributed by atoms with van der Waals surface area (Å²) in [5.41, 5.74) is 2.18. The second kappa shape index (κ2) is 5.21. The van der Waals surface area contributed by atoms with Crippen molar-refractivity contribution in [2.24, 2.45) is 0 Å². The molecule has 0 aliphatic carbocycles. The van der Waals surface area contributed by atoms with Crippen molar-refractivity contribution in [3.8, 4) is 5.75 Å². The van der Waals surface area contributed by atoms with Gasteiger partial charge in [0.25, 0.3) is 0 Å². The highest BCUT2D eigenvalue weighted by molar-refractivity contribution is 5.43. The summed E-state index contributed by atoms with van der Waals surface area (Å²) >= 11 is 0. The number of imidazole rings is 1. The number of fused-ring (bicyclic) bond motifs is 1. The summed E-state index contributed by atoms with van der Waals surface area (Å²) in [6.07, 6.45) is 7.78. The van der Waals surface area contributed by atoms with Gasteiger partial charge in [-0.2, -0.15) is 0 Å². The molecule has 1 atom stereocenters. The molecule has 0 saturated carbocycles. The predicted molar refractivity (Wildman–Crippen MR) is 75.7 cm³/mol. The van der Waals surface area contributed by atoms with Gasteiger partial charge < -0.3 is 14.0 Å². The number of pyridine rings is 1. The molecule has 2 aromatic rings. The van der Waals surface area contributed by atoms with Gasteiger partial charge in [0.1, 0.15) is 11.4 Å². The minimum Gasteiger partial charge on any atom is -0.495 e. The number of rotatable bonds is 4. The van der Waals surface area contributed by atoms with Crippen molar-refractivity contribution in [2.75, 3.05) is 20.2 Å². The maximum atomic E-state index is 5.24. The first-order valence-corrected chi connectivity index (χ1v) is 7.06. The Morgan fingerprint density at radius 1 is 1.37 bits per heavy atom. The Morgan fingerprint density at radius 3 is 3.05 bits per heavy atom. The number of nitrogens with zero attached hydrogens (tertiary/aromatic N) is 3. The quantitative estimate of drug-likeness (QED) is 0.844. The van der Waals surface area contributed by atoms with Crippen molar-refractivity contribution >= 4 is 5.65 Å². The summed E-state index contributed by atoms with van der Waals surface area (Å²) in [4.78, 5) is 7.26. The summed E-state index contributed by atoms with van der Waals surface area (Å²) < 4.78 is 7.30. The van der Waals surface area contributed by atoms with Crippen LogP contribution < -0.4 is 4.74 Å². The van der Waals surface area contributed by atoms with Crippen molar-refractivity contribution in [1.82, 2.24) is 14.3 Å². The Balaban J connectivity index is 1.81. The van der Waals surface area contributed by atoms with Crippen LogP contribution in [0.3, 0.4) is 0 Å². The zero-order chi connectivity index (χ0) is 13.2. The van der Waals surface area contributed by atoms with Gasteiger partial charge in [-0.05, 0) is 38.1 Å². The van der Waals surface area contributed by atoms with Crippen molar-refractivity contribution < 1.29 is 4.74 Å². The molecule has 0 N–H and O–H groups in total. The summed E-state index contributed by atoms with van der Waals surface area (Å²) in [5.74, 6) is 0.868. The van der Waals surface area contributed by atoms with Crippen LogP contribution in [0.2, 0.25) is 0 Å². The number of hydrogen-bond acceptors (Lipinski definition) is 3. The molecule has 0 amide bonds. The zero-order valence-electron chi connectivity index (χ0n) is 11.7. The third kappa shape index (κ3) is 2.45. The SMILES string of the molecule is CCN1CCCC1Cc1cn2cc(OC)ccc2n1. The van der Waals surface area contributed by atoms with E-state index in [1.165, 1.54) is 25.1 Å². The van der Waals surface area contributed by atoms with Crippen LogP contribution in [-0.4, -0.2) is 40.5 Å². The molecule has 1 aliphatic heterocycles. The van der Waals surface area contributed by atoms with Crippen molar-refractivity contribution in [3.05, 3.63) is 30.2 Å². The van der Waals surface area contributed by atoms with E-state index in [9.17, 15) is 0 Å². The highest BCUT2D eigenvalue weighted by Crippen LogP contribution is 2.21. The third-order valence-electron chi connectivity index (χ3n) is 4.06. The lowest BCUT2D eigenvalue weighted by molar-refractivity contribution is 0.265. The molecule has 4 nitrogen and oxygen atoms in total. The van der Waals surface area contributed by atoms with E-state index in [-0.39, 0.29) is 0 Å². The van der Waals surface area contributed by atoms with Gasteiger partial charge in [-0.15, -0.1) is 0 Å². The Hall–Kier alpha value is -1.55. The first kappa shape index (κ1) is 12.5. The minimum absolute atomic E-state index is 0.664. The Bertz CT molecular complexity index is 564. The number of methoxy groups -OCH3 is 1. The van der Waals surface area contributed by atoms with Gasteiger partial charge in [0.15, 0.2) is 0 Å². The minimum atomic E-state index is 0.664. The Morgan fingerprint density at radius 2 is 2.26 bits per heavy atom. The molecule has 1 aliphatic rings. The lowest BCUT2D eigenvalue weighted by Gasteiger charge is -2.21. The molecule has 1 saturated heterocycles. The number of likely N-dealkylation sites (tertiary alicyclic amines) is 1. The van der Waals surface area contributed by atoms with Crippen molar-refractivity contribution in [1.29, 1.82) is 0 Å². The molecule has 0 bridgehead atoms. The maximum absolute atomic E-state index is 5.24. The summed E-state index contributed by atoms with van der Waals surface area (Å²) in [7, 11) is 1.69. The van der Waals surface area contributed by atoms with E-state index >= 15 is 0 Å². The van der Waals surface area contributed by atoms with Crippen molar-refractivity contribution in [3.63, 3.8) is 0 Å². The van der Waals surface area contributed by atoms with E-state index in [1.54, 1.807) is 7.11 Å². The van der Waals surface area contributed by atoms with Gasteiger partial charge in [0.05, 0.1) is 19.0 Å². The zero-order valence-corrected chi connectivity index (χ0v) is 11.7. The number of likely N-dealkylation sites (N-methyl/N-ethyl adjacent to an activating group) is 1. The van der Waals surface area contributed by atoms with Gasteiger partial charge in [-0.25, -0.2) is 4.98 Å². The van der Waals surface area contributed by atoms with E-state index in [0.29, 0.717) is 6.04 Å². The normalized spacial score (nSPS) is 20.2. The van der Waals surface area contributed by atoms with Gasteiger partial charge in [0.2, 0.25) is 0 Å². The molecule has 0 aromatic carbocycles. The molecule has 0 spiro atoms. The van der Waals surface area contributed by atoms with Crippen molar-refractivity contribution in [2.45, 2.75) is 32.2 Å². The average molecular weight is 259 g/mol. The maximum Gasteiger partial charge on any atom is 0.137 e. The van der Waals surface area contributed by atoms with Crippen LogP contribution in [0.4, 0.5) is 0 Å². The second-order valence-corrected chi connectivity index (χ2v) is 5.20. The smallest absolute Gasteiger partial charge is 0.137 e. The van der Waals surface area contributed by atoms with Crippen LogP contribution in [0.25, 0.3) is 5.65 Å². The fraction of sp³-hybridized carbons (Fsp3) is 0.533. The molecule has 0 radical (unpaired) electrons. The van der Waals surface area contributed by atoms with E-state index in [1.807, 2.05) is 18.3 Å². The topological polar surface area (TPSA) is 29.8 Å². The van der Waals surface area contributed by atoms with Gasteiger partial charge in [0, 0.05) is 18.7 Å². The summed E-state index contributed by atoms with van der Waals surface area (Å²) in [6.45, 7) is 4.63. The van der Waals surface area contributed by atoms with Gasteiger partial charge in [-0.3, -0.25) is 0 Å². The highest BCUT2D eigenvalue weighted by atomic mass is 16.5. The Labute approximate surface area is 114 Å². The number of hydrogen-bond donors (Lipinski definition) is 0. The van der Waals surface area contributed by atoms with Crippen LogP contribution in [0, 0.1) is 0 Å². The molecular weight excluding hydrogens is 238 g/mol. The highest BCUT2D eigenvalue weighted by Gasteiger charge is 2.23. The molecule has 4 heteroatoms. The van der Waals surface area contributed by atoms with E-state index in [4.69, 9.17) is 9.72 Å². The molecule has 1 unspecified atom stereocenters. The van der Waals surface area contributed by atoms with E-state index in [2.05, 4.69) is 22.4 Å². The predicted octanol–water partition coefficient (Wildman–Crippen LogP) is 2.37. The van der Waals surface area contributed by atoms with Crippen LogP contribution in [0.15, 0.2) is 24.5 Å². The number of ether oxygens (including phenoxy) is 1. The monoisotopic (exact) mass is 259 g/mol. The molecular formula is C15H21N3O. The second-order valence-electron chi connectivity index (χ2n) is 5.20. The molecule has 3 rings (SSSR count). The fourth-order valence-corrected chi connectivity index (χ4v) is 3.03. The molecule has 19 heavy (non-hydrogen) atoms. The van der Waals surface area contributed by atoms with Crippen LogP contribution in [0.1, 0.15) is 25.5 Å². The number of aromatic nitrogens is 2. The lowest BCUT2D eigenvalue weighted by Crippen LogP contribution is -2.30. The van der Waals surface area contributed by atoms with Gasteiger partial charge in [-0.1, -0.05) is 6.92 Å². The Kier molecular flexibility index (Phi) is 3.42.